The summed E-state index contributed by atoms with van der Waals surface area (Å²) in [6.07, 6.45) is 3.25. The molecule has 0 bridgehead atoms. The van der Waals surface area contributed by atoms with Crippen LogP contribution in [0.15, 0.2) is 36.7 Å². The minimum absolute atomic E-state index is 0.155. The van der Waals surface area contributed by atoms with E-state index in [1.807, 2.05) is 0 Å². The smallest absolute Gasteiger partial charge is 0.327 e. The van der Waals surface area contributed by atoms with Crippen LogP contribution in [0.5, 0.6) is 11.5 Å². The van der Waals surface area contributed by atoms with Crippen molar-refractivity contribution in [2.45, 2.75) is 32.8 Å². The molecule has 154 valence electrons. The van der Waals surface area contributed by atoms with Crippen LogP contribution >= 0.6 is 0 Å². The first kappa shape index (κ1) is 21.8. The third-order valence-corrected chi connectivity index (χ3v) is 3.82. The number of nitrogens with one attached hydrogen (secondary N) is 3. The van der Waals surface area contributed by atoms with Crippen LogP contribution in [0.25, 0.3) is 0 Å². The minimum Gasteiger partial charge on any atom is -0.456 e. The number of imide groups is 1. The van der Waals surface area contributed by atoms with Gasteiger partial charge in [0.15, 0.2) is 0 Å². The maximum atomic E-state index is 11.9. The van der Waals surface area contributed by atoms with Gasteiger partial charge in [-0.25, -0.2) is 14.8 Å². The van der Waals surface area contributed by atoms with E-state index in [9.17, 15) is 14.4 Å². The first-order valence-electron chi connectivity index (χ1n) is 8.81. The Morgan fingerprint density at radius 2 is 1.79 bits per heavy atom. The van der Waals surface area contributed by atoms with Gasteiger partial charge in [-0.2, -0.15) is 0 Å². The molecule has 4 amide bonds. The molecule has 10 nitrogen and oxygen atoms in total. The fourth-order valence-electron chi connectivity index (χ4n) is 1.92. The highest BCUT2D eigenvalue weighted by Gasteiger charge is 2.28. The molecule has 29 heavy (non-hydrogen) atoms. The summed E-state index contributed by atoms with van der Waals surface area (Å²) in [4.78, 5) is 43.4. The fourth-order valence-corrected chi connectivity index (χ4v) is 1.92. The van der Waals surface area contributed by atoms with Crippen LogP contribution in [0.2, 0.25) is 0 Å². The van der Waals surface area contributed by atoms with Gasteiger partial charge in [0.25, 0.3) is 5.91 Å². The van der Waals surface area contributed by atoms with E-state index in [1.165, 1.54) is 39.4 Å². The van der Waals surface area contributed by atoms with Crippen LogP contribution in [0.3, 0.4) is 0 Å². The number of nitrogens with zero attached hydrogens (tertiary/aromatic N) is 2. The van der Waals surface area contributed by atoms with Crippen molar-refractivity contribution in [2.24, 2.45) is 0 Å². The predicted octanol–water partition coefficient (Wildman–Crippen LogP) is 2.69. The topological polar surface area (TPSA) is 132 Å². The fraction of sp³-hybridized carbons (Fsp3) is 0.316. The van der Waals surface area contributed by atoms with Crippen LogP contribution in [-0.2, 0) is 14.3 Å². The van der Waals surface area contributed by atoms with E-state index in [2.05, 4.69) is 25.9 Å². The van der Waals surface area contributed by atoms with E-state index < -0.39 is 17.5 Å². The number of aromatic nitrogens is 2. The largest absolute Gasteiger partial charge is 0.456 e. The summed E-state index contributed by atoms with van der Waals surface area (Å²) < 4.78 is 10.7. The van der Waals surface area contributed by atoms with Crippen molar-refractivity contribution >= 4 is 29.5 Å². The van der Waals surface area contributed by atoms with Crippen molar-refractivity contribution < 1.29 is 23.9 Å². The molecule has 3 N–H and O–H groups in total. The molecule has 0 unspecified atom stereocenters. The lowest BCUT2D eigenvalue weighted by Gasteiger charge is -2.20. The molecule has 2 rings (SSSR count). The van der Waals surface area contributed by atoms with Gasteiger partial charge in [0.2, 0.25) is 5.91 Å². The summed E-state index contributed by atoms with van der Waals surface area (Å²) in [6, 6.07) is 5.59. The molecule has 0 fully saturated rings. The highest BCUT2D eigenvalue weighted by molar-refractivity contribution is 6.03. The number of pyridine rings is 2. The molecule has 0 aliphatic heterocycles. The second-order valence-corrected chi connectivity index (χ2v) is 6.38. The van der Waals surface area contributed by atoms with Crippen LogP contribution in [0, 0.1) is 0 Å². The number of hydrogen-bond donors (Lipinski definition) is 3. The van der Waals surface area contributed by atoms with Crippen molar-refractivity contribution in [1.82, 2.24) is 15.3 Å². The zero-order chi connectivity index (χ0) is 21.4. The van der Waals surface area contributed by atoms with Gasteiger partial charge < -0.3 is 14.8 Å². The summed E-state index contributed by atoms with van der Waals surface area (Å²) in [5, 5.41) is 7.26. The van der Waals surface area contributed by atoms with E-state index in [0.29, 0.717) is 23.7 Å². The molecule has 0 aliphatic rings. The number of ether oxygens (including phenoxy) is 2. The van der Waals surface area contributed by atoms with Crippen molar-refractivity contribution in [3.05, 3.63) is 36.7 Å². The zero-order valence-electron chi connectivity index (χ0n) is 16.6. The quantitative estimate of drug-likeness (QED) is 0.650. The molecule has 0 saturated heterocycles. The van der Waals surface area contributed by atoms with Crippen molar-refractivity contribution in [3.63, 3.8) is 0 Å². The second-order valence-electron chi connectivity index (χ2n) is 6.38. The molecule has 10 heteroatoms. The summed E-state index contributed by atoms with van der Waals surface area (Å²) in [5.41, 5.74) is -1.14. The molecule has 0 atom stereocenters. The Morgan fingerprint density at radius 3 is 2.41 bits per heavy atom. The van der Waals surface area contributed by atoms with E-state index >= 15 is 0 Å². The minimum atomic E-state index is -1.14. The molecule has 2 aromatic rings. The monoisotopic (exact) mass is 401 g/mol. The second kappa shape index (κ2) is 9.60. The number of rotatable bonds is 7. The SMILES string of the molecule is CCC(=O)Nc1cc(Oc2ccc(NC(=O)NC(=O)C(C)(C)OC)nc2)ccn1. The van der Waals surface area contributed by atoms with Gasteiger partial charge >= 0.3 is 6.03 Å². The molecule has 0 radical (unpaired) electrons. The lowest BCUT2D eigenvalue weighted by atomic mass is 10.1. The Labute approximate surface area is 168 Å². The van der Waals surface area contributed by atoms with Gasteiger partial charge in [0.1, 0.15) is 28.7 Å². The standard InChI is InChI=1S/C19H23N5O5/c1-5-16(25)22-15-10-12(8-9-20-15)29-13-6-7-14(21-11-13)23-18(27)24-17(26)19(2,3)28-4/h6-11H,5H2,1-4H3,(H,20,22,25)(H2,21,23,24,26,27). The Balaban J connectivity index is 1.95. The van der Waals surface area contributed by atoms with Crippen LogP contribution < -0.4 is 20.7 Å². The van der Waals surface area contributed by atoms with Crippen LogP contribution in [0.1, 0.15) is 27.2 Å². The average molecular weight is 401 g/mol. The van der Waals surface area contributed by atoms with Crippen LogP contribution in [0.4, 0.5) is 16.4 Å². The Bertz CT molecular complexity index is 883. The highest BCUT2D eigenvalue weighted by atomic mass is 16.5. The number of anilines is 2. The summed E-state index contributed by atoms with van der Waals surface area (Å²) in [7, 11) is 1.38. The van der Waals surface area contributed by atoms with E-state index in [0.717, 1.165) is 0 Å². The third kappa shape index (κ3) is 6.54. The maximum absolute atomic E-state index is 11.9. The Kier molecular flexibility index (Phi) is 7.21. The zero-order valence-corrected chi connectivity index (χ0v) is 16.6. The first-order chi connectivity index (χ1) is 13.7. The maximum Gasteiger partial charge on any atom is 0.327 e. The van der Waals surface area contributed by atoms with Crippen LogP contribution in [-0.4, -0.2) is 40.5 Å². The third-order valence-electron chi connectivity index (χ3n) is 3.82. The number of carbonyl (C=O) groups is 3. The lowest BCUT2D eigenvalue weighted by Crippen LogP contribution is -2.47. The number of amides is 4. The Hall–Kier alpha value is -3.53. The highest BCUT2D eigenvalue weighted by Crippen LogP contribution is 2.23. The molecule has 0 aliphatic carbocycles. The average Bonchev–Trinajstić information content (AvgIpc) is 2.69. The molecule has 0 spiro atoms. The van der Waals surface area contributed by atoms with Gasteiger partial charge in [0.05, 0.1) is 6.20 Å². The normalized spacial score (nSPS) is 10.8. The number of hydrogen-bond acceptors (Lipinski definition) is 7. The summed E-state index contributed by atoms with van der Waals surface area (Å²) in [5.74, 6) is 0.730. The number of urea groups is 1. The molecule has 0 aromatic carbocycles. The number of methoxy groups -OCH3 is 1. The van der Waals surface area contributed by atoms with Gasteiger partial charge in [-0.15, -0.1) is 0 Å². The predicted molar refractivity (Wildman–Crippen MR) is 106 cm³/mol. The summed E-state index contributed by atoms with van der Waals surface area (Å²) >= 11 is 0. The van der Waals surface area contributed by atoms with Crippen molar-refractivity contribution in [3.8, 4) is 11.5 Å². The van der Waals surface area contributed by atoms with Gasteiger partial charge in [-0.1, -0.05) is 6.92 Å². The van der Waals surface area contributed by atoms with Crippen molar-refractivity contribution in [1.29, 1.82) is 0 Å². The Morgan fingerprint density at radius 1 is 1.03 bits per heavy atom. The van der Waals surface area contributed by atoms with E-state index in [4.69, 9.17) is 9.47 Å². The number of carbonyl (C=O) groups excluding carboxylic acids is 3. The molecular weight excluding hydrogens is 378 g/mol. The summed E-state index contributed by atoms with van der Waals surface area (Å²) in [6.45, 7) is 4.82. The molecular formula is C19H23N5O5. The lowest BCUT2D eigenvalue weighted by molar-refractivity contribution is -0.138. The van der Waals surface area contributed by atoms with Crippen molar-refractivity contribution in [2.75, 3.05) is 17.7 Å². The van der Waals surface area contributed by atoms with E-state index in [1.54, 1.807) is 25.1 Å². The first-order valence-corrected chi connectivity index (χ1v) is 8.81. The van der Waals surface area contributed by atoms with Gasteiger partial charge in [0, 0.05) is 25.8 Å². The van der Waals surface area contributed by atoms with Gasteiger partial charge in [-0.05, 0) is 32.0 Å². The molecule has 2 heterocycles. The van der Waals surface area contributed by atoms with Gasteiger partial charge in [-0.3, -0.25) is 20.2 Å². The molecule has 2 aromatic heterocycles. The van der Waals surface area contributed by atoms with E-state index in [-0.39, 0.29) is 11.7 Å². The molecule has 0 saturated carbocycles.